The first-order valence-corrected chi connectivity index (χ1v) is 5.40. The van der Waals surface area contributed by atoms with E-state index < -0.39 is 10.2 Å². The molecule has 0 spiro atoms. The molecule has 72 valence electrons. The second kappa shape index (κ2) is 3.06. The van der Waals surface area contributed by atoms with Gasteiger partial charge in [0.05, 0.1) is 0 Å². The number of benzene rings is 2. The summed E-state index contributed by atoms with van der Waals surface area (Å²) in [5.41, 5.74) is 0. The highest BCUT2D eigenvalue weighted by atomic mass is 32.3. The van der Waals surface area contributed by atoms with Gasteiger partial charge in [-0.1, -0.05) is 36.4 Å². The van der Waals surface area contributed by atoms with E-state index in [-0.39, 0.29) is 4.90 Å². The van der Waals surface area contributed by atoms with E-state index in [0.717, 1.165) is 0 Å². The maximum atomic E-state index is 12.8. The summed E-state index contributed by atoms with van der Waals surface area (Å²) in [6.07, 6.45) is 0. The average Bonchev–Trinajstić information content (AvgIpc) is 2.15. The molecule has 0 N–H and O–H groups in total. The molecule has 0 aliphatic carbocycles. The van der Waals surface area contributed by atoms with Crippen LogP contribution >= 0.6 is 0 Å². The normalized spacial score (nSPS) is 11.8. The summed E-state index contributed by atoms with van der Waals surface area (Å²) < 4.78 is 34.4. The lowest BCUT2D eigenvalue weighted by molar-refractivity contribution is 0.553. The summed E-state index contributed by atoms with van der Waals surface area (Å²) in [4.78, 5) is -0.268. The Balaban J connectivity index is 2.92. The van der Waals surface area contributed by atoms with Gasteiger partial charge in [0.1, 0.15) is 4.90 Å². The molecule has 2 aromatic carbocycles. The third kappa shape index (κ3) is 1.48. The highest BCUT2D eigenvalue weighted by Gasteiger charge is 2.14. The van der Waals surface area contributed by atoms with Crippen LogP contribution in [0.15, 0.2) is 47.4 Å². The topological polar surface area (TPSA) is 34.1 Å². The van der Waals surface area contributed by atoms with Gasteiger partial charge in [-0.05, 0) is 11.5 Å². The van der Waals surface area contributed by atoms with Crippen LogP contribution in [0.3, 0.4) is 0 Å². The number of hydrogen-bond donors (Lipinski definition) is 0. The first-order chi connectivity index (χ1) is 6.59. The Labute approximate surface area is 81.2 Å². The Bertz CT molecular complexity index is 570. The zero-order valence-corrected chi connectivity index (χ0v) is 7.96. The molecule has 4 heteroatoms. The second-order valence-electron chi connectivity index (χ2n) is 2.92. The zero-order chi connectivity index (χ0) is 10.2. The van der Waals surface area contributed by atoms with Gasteiger partial charge < -0.3 is 0 Å². The van der Waals surface area contributed by atoms with E-state index in [2.05, 4.69) is 0 Å². The van der Waals surface area contributed by atoms with E-state index in [1.165, 1.54) is 12.1 Å². The molecule has 0 heterocycles. The van der Waals surface area contributed by atoms with Crippen LogP contribution in [-0.4, -0.2) is 8.42 Å². The minimum atomic E-state index is -4.63. The van der Waals surface area contributed by atoms with Crippen LogP contribution in [0.5, 0.6) is 0 Å². The van der Waals surface area contributed by atoms with Gasteiger partial charge in [0.2, 0.25) is 0 Å². The van der Waals surface area contributed by atoms with Crippen molar-refractivity contribution in [3.05, 3.63) is 42.5 Å². The van der Waals surface area contributed by atoms with Crippen molar-refractivity contribution >= 4 is 21.0 Å². The first kappa shape index (κ1) is 9.15. The Morgan fingerprint density at radius 2 is 1.57 bits per heavy atom. The van der Waals surface area contributed by atoms with E-state index in [1.54, 1.807) is 30.3 Å². The lowest BCUT2D eigenvalue weighted by atomic mass is 10.1. The quantitative estimate of drug-likeness (QED) is 0.678. The summed E-state index contributed by atoms with van der Waals surface area (Å²) in [7, 11) is -4.63. The van der Waals surface area contributed by atoms with Crippen molar-refractivity contribution < 1.29 is 12.3 Å². The fourth-order valence-corrected chi connectivity index (χ4v) is 2.10. The van der Waals surface area contributed by atoms with Crippen molar-refractivity contribution in [3.63, 3.8) is 0 Å². The van der Waals surface area contributed by atoms with Gasteiger partial charge >= 0.3 is 10.2 Å². The summed E-state index contributed by atoms with van der Waals surface area (Å²) in [6, 6.07) is 11.3. The fraction of sp³-hybridized carbons (Fsp3) is 0. The predicted molar refractivity (Wildman–Crippen MR) is 52.2 cm³/mol. The van der Waals surface area contributed by atoms with E-state index in [9.17, 15) is 12.3 Å². The monoisotopic (exact) mass is 210 g/mol. The van der Waals surface area contributed by atoms with E-state index in [4.69, 9.17) is 0 Å². The molecule has 0 aliphatic rings. The van der Waals surface area contributed by atoms with Crippen molar-refractivity contribution in [2.75, 3.05) is 0 Å². The standard InChI is InChI=1S/C10H7FO2S/c11-14(12,13)10-7-3-5-8-4-1-2-6-9(8)10/h1-7H. The molecule has 0 bridgehead atoms. The van der Waals surface area contributed by atoms with E-state index in [0.29, 0.717) is 10.8 Å². The van der Waals surface area contributed by atoms with Crippen LogP contribution in [0.1, 0.15) is 0 Å². The molecular formula is C10H7FO2S. The molecule has 0 amide bonds. The minimum absolute atomic E-state index is 0.268. The molecule has 2 aromatic rings. The highest BCUT2D eigenvalue weighted by Crippen LogP contribution is 2.23. The molecule has 0 saturated carbocycles. The molecule has 2 rings (SSSR count). The Kier molecular flexibility index (Phi) is 2.00. The molecule has 0 aromatic heterocycles. The van der Waals surface area contributed by atoms with Gasteiger partial charge in [-0.3, -0.25) is 0 Å². The van der Waals surface area contributed by atoms with Gasteiger partial charge in [0, 0.05) is 5.39 Å². The van der Waals surface area contributed by atoms with Gasteiger partial charge in [0.15, 0.2) is 0 Å². The highest BCUT2D eigenvalue weighted by molar-refractivity contribution is 7.86. The van der Waals surface area contributed by atoms with Crippen LogP contribution in [0.4, 0.5) is 3.89 Å². The second-order valence-corrected chi connectivity index (χ2v) is 4.23. The van der Waals surface area contributed by atoms with Crippen molar-refractivity contribution in [2.24, 2.45) is 0 Å². The maximum absolute atomic E-state index is 12.8. The third-order valence-electron chi connectivity index (χ3n) is 2.01. The molecule has 14 heavy (non-hydrogen) atoms. The number of halogens is 1. The Morgan fingerprint density at radius 1 is 0.929 bits per heavy atom. The fourth-order valence-electron chi connectivity index (χ4n) is 1.41. The average molecular weight is 210 g/mol. The molecule has 0 saturated heterocycles. The summed E-state index contributed by atoms with van der Waals surface area (Å²) in [6.45, 7) is 0. The summed E-state index contributed by atoms with van der Waals surface area (Å²) in [5.74, 6) is 0. The van der Waals surface area contributed by atoms with Crippen molar-refractivity contribution in [1.29, 1.82) is 0 Å². The van der Waals surface area contributed by atoms with Crippen LogP contribution in [0.25, 0.3) is 10.8 Å². The minimum Gasteiger partial charge on any atom is -0.189 e. The van der Waals surface area contributed by atoms with Gasteiger partial charge in [-0.2, -0.15) is 8.42 Å². The van der Waals surface area contributed by atoms with Gasteiger partial charge in [-0.15, -0.1) is 3.89 Å². The summed E-state index contributed by atoms with van der Waals surface area (Å²) >= 11 is 0. The van der Waals surface area contributed by atoms with Gasteiger partial charge in [-0.25, -0.2) is 0 Å². The first-order valence-electron chi connectivity index (χ1n) is 4.01. The predicted octanol–water partition coefficient (Wildman–Crippen LogP) is 2.50. The third-order valence-corrected chi connectivity index (χ3v) is 2.89. The van der Waals surface area contributed by atoms with Crippen LogP contribution in [0.2, 0.25) is 0 Å². The number of fused-ring (bicyclic) bond motifs is 1. The van der Waals surface area contributed by atoms with Crippen molar-refractivity contribution in [2.45, 2.75) is 4.90 Å². The zero-order valence-electron chi connectivity index (χ0n) is 7.14. The SMILES string of the molecule is O=S(=O)(F)c1cccc2ccccc12. The van der Waals surface area contributed by atoms with E-state index in [1.807, 2.05) is 0 Å². The summed E-state index contributed by atoms with van der Waals surface area (Å²) in [5, 5.41) is 1.13. The number of rotatable bonds is 1. The van der Waals surface area contributed by atoms with Crippen LogP contribution in [0, 0.1) is 0 Å². The molecular weight excluding hydrogens is 203 g/mol. The Morgan fingerprint density at radius 3 is 2.29 bits per heavy atom. The van der Waals surface area contributed by atoms with Crippen LogP contribution in [-0.2, 0) is 10.2 Å². The molecule has 0 fully saturated rings. The maximum Gasteiger partial charge on any atom is 0.332 e. The molecule has 2 nitrogen and oxygen atoms in total. The number of hydrogen-bond acceptors (Lipinski definition) is 2. The van der Waals surface area contributed by atoms with Crippen LogP contribution < -0.4 is 0 Å². The molecule has 0 radical (unpaired) electrons. The lowest BCUT2D eigenvalue weighted by Crippen LogP contribution is -1.92. The lowest BCUT2D eigenvalue weighted by Gasteiger charge is -2.00. The Hall–Kier alpha value is -1.42. The van der Waals surface area contributed by atoms with Crippen molar-refractivity contribution in [1.82, 2.24) is 0 Å². The van der Waals surface area contributed by atoms with E-state index >= 15 is 0 Å². The van der Waals surface area contributed by atoms with Crippen molar-refractivity contribution in [3.8, 4) is 0 Å². The molecule has 0 unspecified atom stereocenters. The molecule has 0 aliphatic heterocycles. The van der Waals surface area contributed by atoms with Gasteiger partial charge in [0.25, 0.3) is 0 Å². The molecule has 0 atom stereocenters. The smallest absolute Gasteiger partial charge is 0.189 e. The largest absolute Gasteiger partial charge is 0.332 e.